The fourth-order valence-corrected chi connectivity index (χ4v) is 0.452. The van der Waals surface area contributed by atoms with E-state index in [-0.39, 0.29) is 10.2 Å². The van der Waals surface area contributed by atoms with Crippen molar-refractivity contribution >= 4 is 40.9 Å². The molecule has 0 bridgehead atoms. The molecule has 0 aliphatic rings. The second kappa shape index (κ2) is 6.14. The van der Waals surface area contributed by atoms with Crippen LogP contribution < -0.4 is 27.7 Å². The summed E-state index contributed by atoms with van der Waals surface area (Å²) in [5.74, 6) is 0. The summed E-state index contributed by atoms with van der Waals surface area (Å²) in [4.78, 5) is 0. The quantitative estimate of drug-likeness (QED) is 0.226. The van der Waals surface area contributed by atoms with Crippen molar-refractivity contribution in [1.82, 2.24) is 16.3 Å². The molecule has 0 amide bonds. The average Bonchev–Trinajstić information content (AvgIpc) is 2.00. The summed E-state index contributed by atoms with van der Waals surface area (Å²) in [6, 6.07) is 0. The third-order valence-corrected chi connectivity index (χ3v) is 0.935. The van der Waals surface area contributed by atoms with E-state index in [1.165, 1.54) is 6.21 Å². The summed E-state index contributed by atoms with van der Waals surface area (Å²) in [5.41, 5.74) is 18.1. The maximum Gasteiger partial charge on any atom is 0.184 e. The van der Waals surface area contributed by atoms with Crippen molar-refractivity contribution in [3.05, 3.63) is 12.3 Å². The molecule has 0 unspecified atom stereocenters. The number of thiocarbonyl (C=S) groups is 2. The SMILES string of the molecule is C=C(C=NNC(N)=S)NNC(N)=S. The first-order chi connectivity index (χ1) is 6.02. The summed E-state index contributed by atoms with van der Waals surface area (Å²) < 4.78 is 0. The lowest BCUT2D eigenvalue weighted by molar-refractivity contribution is 0.802. The van der Waals surface area contributed by atoms with Gasteiger partial charge in [-0.15, -0.1) is 0 Å². The van der Waals surface area contributed by atoms with Crippen molar-refractivity contribution in [2.24, 2.45) is 16.6 Å². The van der Waals surface area contributed by atoms with Crippen LogP contribution in [0.2, 0.25) is 0 Å². The summed E-state index contributed by atoms with van der Waals surface area (Å²) in [5, 5.41) is 3.80. The summed E-state index contributed by atoms with van der Waals surface area (Å²) in [7, 11) is 0. The van der Waals surface area contributed by atoms with Gasteiger partial charge in [0.25, 0.3) is 0 Å². The molecule has 0 saturated heterocycles. The monoisotopic (exact) mass is 218 g/mol. The van der Waals surface area contributed by atoms with Gasteiger partial charge in [0.2, 0.25) is 0 Å². The van der Waals surface area contributed by atoms with Gasteiger partial charge in [0.05, 0.1) is 11.9 Å². The largest absolute Gasteiger partial charge is 0.375 e. The fraction of sp³-hybridized carbons (Fsp3) is 0. The van der Waals surface area contributed by atoms with Crippen molar-refractivity contribution in [2.75, 3.05) is 0 Å². The standard InChI is InChI=1S/C5H10N6S2/c1-3(9-11-5(7)13)2-8-10-4(6)12/h2,9H,1H2,(H3,6,10,12)(H3,7,11,13). The van der Waals surface area contributed by atoms with Crippen LogP contribution in [0.5, 0.6) is 0 Å². The third-order valence-electron chi connectivity index (χ3n) is 0.741. The Morgan fingerprint density at radius 3 is 2.31 bits per heavy atom. The summed E-state index contributed by atoms with van der Waals surface area (Å²) in [6.45, 7) is 3.56. The molecule has 8 heteroatoms. The normalized spacial score (nSPS) is 9.23. The van der Waals surface area contributed by atoms with E-state index < -0.39 is 0 Å². The zero-order valence-electron chi connectivity index (χ0n) is 6.70. The lowest BCUT2D eigenvalue weighted by Crippen LogP contribution is -2.40. The Bertz CT molecular complexity index is 247. The Balaban J connectivity index is 3.67. The first kappa shape index (κ1) is 11.6. The number of hydrogen-bond donors (Lipinski definition) is 5. The van der Waals surface area contributed by atoms with Gasteiger partial charge in [-0.05, 0) is 24.4 Å². The van der Waals surface area contributed by atoms with E-state index in [0.717, 1.165) is 0 Å². The molecule has 0 saturated carbocycles. The molecule has 13 heavy (non-hydrogen) atoms. The van der Waals surface area contributed by atoms with E-state index >= 15 is 0 Å². The van der Waals surface area contributed by atoms with Gasteiger partial charge in [-0.25, -0.2) is 0 Å². The lowest BCUT2D eigenvalue weighted by atomic mass is 10.6. The molecule has 0 atom stereocenters. The van der Waals surface area contributed by atoms with Crippen molar-refractivity contribution in [3.8, 4) is 0 Å². The first-order valence-corrected chi connectivity index (χ1v) is 3.93. The Labute approximate surface area is 86.4 Å². The van der Waals surface area contributed by atoms with Crippen LogP contribution >= 0.6 is 24.4 Å². The van der Waals surface area contributed by atoms with Gasteiger partial charge in [0.1, 0.15) is 0 Å². The number of hydrazone groups is 1. The predicted octanol–water partition coefficient (Wildman–Crippen LogP) is -1.34. The number of hydrogen-bond acceptors (Lipinski definition) is 4. The molecule has 72 valence electrons. The van der Waals surface area contributed by atoms with Crippen molar-refractivity contribution in [1.29, 1.82) is 0 Å². The number of hydrazine groups is 1. The smallest absolute Gasteiger partial charge is 0.184 e. The van der Waals surface area contributed by atoms with Crippen LogP contribution in [0, 0.1) is 0 Å². The van der Waals surface area contributed by atoms with Crippen molar-refractivity contribution in [3.63, 3.8) is 0 Å². The summed E-state index contributed by atoms with van der Waals surface area (Å²) >= 11 is 9.03. The minimum atomic E-state index is 0.0753. The molecular formula is C5H10N6S2. The molecule has 0 rings (SSSR count). The van der Waals surface area contributed by atoms with Crippen LogP contribution in [-0.4, -0.2) is 16.4 Å². The number of nitrogens with two attached hydrogens (primary N) is 2. The van der Waals surface area contributed by atoms with Gasteiger partial charge in [0.15, 0.2) is 10.2 Å². The number of nitrogens with one attached hydrogen (secondary N) is 3. The van der Waals surface area contributed by atoms with E-state index in [1.807, 2.05) is 0 Å². The Morgan fingerprint density at radius 2 is 1.85 bits per heavy atom. The molecule has 0 aliphatic carbocycles. The van der Waals surface area contributed by atoms with E-state index in [0.29, 0.717) is 5.70 Å². The van der Waals surface area contributed by atoms with E-state index in [2.05, 4.69) is 52.4 Å². The van der Waals surface area contributed by atoms with Gasteiger partial charge in [-0.3, -0.25) is 16.3 Å². The minimum Gasteiger partial charge on any atom is -0.375 e. The van der Waals surface area contributed by atoms with Gasteiger partial charge in [-0.1, -0.05) is 6.58 Å². The number of rotatable bonds is 4. The maximum absolute atomic E-state index is 5.13. The summed E-state index contributed by atoms with van der Waals surface area (Å²) in [6.07, 6.45) is 1.37. The van der Waals surface area contributed by atoms with E-state index in [4.69, 9.17) is 11.5 Å². The zero-order valence-corrected chi connectivity index (χ0v) is 8.34. The van der Waals surface area contributed by atoms with Crippen LogP contribution in [-0.2, 0) is 0 Å². The van der Waals surface area contributed by atoms with Crippen LogP contribution in [0.25, 0.3) is 0 Å². The minimum absolute atomic E-state index is 0.0753. The molecular weight excluding hydrogens is 208 g/mol. The second-order valence-electron chi connectivity index (χ2n) is 1.87. The maximum atomic E-state index is 5.13. The highest BCUT2D eigenvalue weighted by molar-refractivity contribution is 7.80. The Hall–Kier alpha value is -1.41. The Morgan fingerprint density at radius 1 is 1.23 bits per heavy atom. The van der Waals surface area contributed by atoms with Crippen LogP contribution in [0.15, 0.2) is 17.4 Å². The van der Waals surface area contributed by atoms with Crippen LogP contribution in [0.4, 0.5) is 0 Å². The molecule has 0 radical (unpaired) electrons. The zero-order chi connectivity index (χ0) is 10.3. The number of nitrogens with zero attached hydrogens (tertiary/aromatic N) is 1. The lowest BCUT2D eigenvalue weighted by Gasteiger charge is -2.05. The topological polar surface area (TPSA) is 100 Å². The highest BCUT2D eigenvalue weighted by Crippen LogP contribution is 1.73. The van der Waals surface area contributed by atoms with Crippen molar-refractivity contribution in [2.45, 2.75) is 0 Å². The molecule has 0 aromatic heterocycles. The molecule has 0 aliphatic heterocycles. The van der Waals surface area contributed by atoms with Gasteiger partial charge in [-0.2, -0.15) is 5.10 Å². The van der Waals surface area contributed by atoms with E-state index in [9.17, 15) is 0 Å². The van der Waals surface area contributed by atoms with Crippen LogP contribution in [0.3, 0.4) is 0 Å². The molecule has 0 fully saturated rings. The molecule has 0 aromatic rings. The Kier molecular flexibility index (Phi) is 5.48. The predicted molar refractivity (Wildman–Crippen MR) is 60.6 cm³/mol. The molecule has 6 nitrogen and oxygen atoms in total. The van der Waals surface area contributed by atoms with E-state index in [1.54, 1.807) is 0 Å². The van der Waals surface area contributed by atoms with Crippen molar-refractivity contribution < 1.29 is 0 Å². The molecule has 0 heterocycles. The molecule has 0 spiro atoms. The molecule has 0 aromatic carbocycles. The second-order valence-corrected chi connectivity index (χ2v) is 2.75. The fourth-order valence-electron chi connectivity index (χ4n) is 0.348. The van der Waals surface area contributed by atoms with Gasteiger partial charge in [0, 0.05) is 0 Å². The highest BCUT2D eigenvalue weighted by Gasteiger charge is 1.87. The van der Waals surface area contributed by atoms with Crippen LogP contribution in [0.1, 0.15) is 0 Å². The average molecular weight is 218 g/mol. The number of allylic oxidation sites excluding steroid dienone is 1. The van der Waals surface area contributed by atoms with Gasteiger partial charge >= 0.3 is 0 Å². The third kappa shape index (κ3) is 8.50. The van der Waals surface area contributed by atoms with Gasteiger partial charge < -0.3 is 11.5 Å². The highest BCUT2D eigenvalue weighted by atomic mass is 32.1. The molecule has 7 N–H and O–H groups in total. The first-order valence-electron chi connectivity index (χ1n) is 3.11.